The summed E-state index contributed by atoms with van der Waals surface area (Å²) in [5.41, 5.74) is 7.65. The summed E-state index contributed by atoms with van der Waals surface area (Å²) in [5, 5.41) is 14.5. The lowest BCUT2D eigenvalue weighted by Gasteiger charge is -2.11. The maximum absolute atomic E-state index is 12.6. The second-order valence-corrected chi connectivity index (χ2v) is 8.21. The molecule has 3 N–H and O–H groups in total. The number of halogens is 3. The van der Waals surface area contributed by atoms with E-state index in [1.54, 1.807) is 0 Å². The lowest BCUT2D eigenvalue weighted by Crippen LogP contribution is -2.18. The van der Waals surface area contributed by atoms with Crippen LogP contribution in [0.4, 0.5) is 19.0 Å². The Hall–Kier alpha value is -2.29. The number of aliphatic hydroxyl groups excluding tert-OH is 1. The van der Waals surface area contributed by atoms with Crippen molar-refractivity contribution in [2.45, 2.75) is 50.6 Å². The summed E-state index contributed by atoms with van der Waals surface area (Å²) in [6.45, 7) is 0.822. The lowest BCUT2D eigenvalue weighted by atomic mass is 10.1. The second kappa shape index (κ2) is 6.10. The van der Waals surface area contributed by atoms with E-state index in [1.807, 2.05) is 10.7 Å². The van der Waals surface area contributed by atoms with Crippen LogP contribution >= 0.6 is 0 Å². The highest BCUT2D eigenvalue weighted by molar-refractivity contribution is 5.64. The van der Waals surface area contributed by atoms with Gasteiger partial charge in [0.05, 0.1) is 11.8 Å². The molecule has 28 heavy (non-hydrogen) atoms. The molecule has 2 aromatic rings. The Labute approximate surface area is 159 Å². The highest BCUT2D eigenvalue weighted by Gasteiger charge is 2.57. The summed E-state index contributed by atoms with van der Waals surface area (Å²) < 4.78 is 43.8. The van der Waals surface area contributed by atoms with E-state index in [-0.39, 0.29) is 11.9 Å². The number of alkyl halides is 3. The predicted octanol–water partition coefficient (Wildman–Crippen LogP) is 3.32. The second-order valence-electron chi connectivity index (χ2n) is 8.21. The van der Waals surface area contributed by atoms with E-state index in [0.717, 1.165) is 25.1 Å². The van der Waals surface area contributed by atoms with E-state index >= 15 is 0 Å². The molecule has 2 unspecified atom stereocenters. The average Bonchev–Trinajstić information content (AvgIpc) is 3.45. The molecule has 3 fully saturated rings. The minimum absolute atomic E-state index is 0.214. The number of fused-ring (bicyclic) bond motifs is 1. The summed E-state index contributed by atoms with van der Waals surface area (Å²) in [6, 6.07) is 3.18. The molecule has 0 aliphatic heterocycles. The molecule has 3 aliphatic carbocycles. The largest absolute Gasteiger partial charge is 0.573 e. The molecule has 0 radical (unpaired) electrons. The summed E-state index contributed by atoms with van der Waals surface area (Å²) in [5.74, 6) is 1.11. The minimum Gasteiger partial charge on any atom is -0.402 e. The Morgan fingerprint density at radius 1 is 1.21 bits per heavy atom. The third kappa shape index (κ3) is 3.32. The first-order valence-corrected chi connectivity index (χ1v) is 9.56. The quantitative estimate of drug-likeness (QED) is 0.813. The molecule has 3 saturated carbocycles. The Kier molecular flexibility index (Phi) is 3.88. The van der Waals surface area contributed by atoms with Crippen molar-refractivity contribution in [3.63, 3.8) is 0 Å². The maximum Gasteiger partial charge on any atom is 0.573 e. The molecule has 0 bridgehead atoms. The zero-order valence-corrected chi connectivity index (χ0v) is 15.1. The van der Waals surface area contributed by atoms with Gasteiger partial charge in [-0.2, -0.15) is 5.10 Å². The van der Waals surface area contributed by atoms with Crippen molar-refractivity contribution in [3.05, 3.63) is 24.0 Å². The van der Waals surface area contributed by atoms with Gasteiger partial charge in [-0.1, -0.05) is 0 Å². The number of pyridine rings is 1. The summed E-state index contributed by atoms with van der Waals surface area (Å²) in [6.07, 6.45) is 0.351. The van der Waals surface area contributed by atoms with E-state index in [9.17, 15) is 18.3 Å². The smallest absolute Gasteiger partial charge is 0.402 e. The molecule has 5 rings (SSSR count). The monoisotopic (exact) mass is 394 g/mol. The number of ether oxygens (including phenoxy) is 1. The van der Waals surface area contributed by atoms with Gasteiger partial charge in [0.2, 0.25) is 0 Å². The number of aliphatic hydroxyl groups is 1. The van der Waals surface area contributed by atoms with Gasteiger partial charge < -0.3 is 15.6 Å². The fourth-order valence-corrected chi connectivity index (χ4v) is 4.58. The van der Waals surface area contributed by atoms with E-state index in [2.05, 4.69) is 14.8 Å². The number of anilines is 1. The first kappa shape index (κ1) is 17.8. The average molecular weight is 394 g/mol. The van der Waals surface area contributed by atoms with Gasteiger partial charge in [0.1, 0.15) is 0 Å². The molecule has 9 heteroatoms. The molecule has 0 saturated heterocycles. The van der Waals surface area contributed by atoms with Crippen LogP contribution in [-0.4, -0.2) is 32.3 Å². The van der Waals surface area contributed by atoms with E-state index < -0.39 is 12.1 Å². The number of nitrogens with two attached hydrogens (primary N) is 1. The van der Waals surface area contributed by atoms with Crippen molar-refractivity contribution < 1.29 is 23.0 Å². The van der Waals surface area contributed by atoms with Crippen LogP contribution in [0.15, 0.2) is 18.3 Å². The molecule has 6 nitrogen and oxygen atoms in total. The zero-order valence-electron chi connectivity index (χ0n) is 15.1. The molecule has 2 aromatic heterocycles. The highest BCUT2D eigenvalue weighted by atomic mass is 19.4. The molecular formula is C19H21F3N4O2. The van der Waals surface area contributed by atoms with Crippen LogP contribution in [0.2, 0.25) is 0 Å². The predicted molar refractivity (Wildman–Crippen MR) is 94.2 cm³/mol. The maximum atomic E-state index is 12.6. The number of nitrogen functional groups attached to an aromatic ring is 1. The summed E-state index contributed by atoms with van der Waals surface area (Å²) in [7, 11) is 0. The standard InChI is InChI=1S/C19H21F3N4O2/c20-19(21,22)28-16-3-10(7-24-18(16)23)14-6-15(26(25-14)8-9-1-2-9)17-12-4-11(27)5-13(12)17/h3,6-7,9,11-13,17,27H,1-2,4-5,8H2,(H2,23,24). The molecule has 2 heterocycles. The van der Waals surface area contributed by atoms with E-state index in [0.29, 0.717) is 34.9 Å². The van der Waals surface area contributed by atoms with Crippen molar-refractivity contribution in [2.24, 2.45) is 17.8 Å². The highest BCUT2D eigenvalue weighted by Crippen LogP contribution is 2.63. The van der Waals surface area contributed by atoms with Crippen LogP contribution in [0.25, 0.3) is 11.3 Å². The molecule has 150 valence electrons. The Morgan fingerprint density at radius 3 is 2.57 bits per heavy atom. The van der Waals surface area contributed by atoms with Gasteiger partial charge in [-0.25, -0.2) is 4.98 Å². The molecule has 3 aliphatic rings. The van der Waals surface area contributed by atoms with Crippen molar-refractivity contribution in [1.29, 1.82) is 0 Å². The van der Waals surface area contributed by atoms with Gasteiger partial charge in [-0.3, -0.25) is 4.68 Å². The van der Waals surface area contributed by atoms with Crippen LogP contribution in [0.5, 0.6) is 5.75 Å². The van der Waals surface area contributed by atoms with Crippen LogP contribution < -0.4 is 10.5 Å². The number of rotatable bonds is 5. The molecule has 2 atom stereocenters. The molecule has 0 amide bonds. The first-order valence-electron chi connectivity index (χ1n) is 9.56. The lowest BCUT2D eigenvalue weighted by molar-refractivity contribution is -0.274. The van der Waals surface area contributed by atoms with E-state index in [1.165, 1.54) is 25.1 Å². The van der Waals surface area contributed by atoms with Crippen molar-refractivity contribution in [3.8, 4) is 17.0 Å². The fraction of sp³-hybridized carbons (Fsp3) is 0.579. The number of hydrogen-bond acceptors (Lipinski definition) is 5. The van der Waals surface area contributed by atoms with Gasteiger partial charge >= 0.3 is 6.36 Å². The molecule has 0 spiro atoms. The number of aromatic nitrogens is 3. The Bertz CT molecular complexity index is 897. The van der Waals surface area contributed by atoms with Crippen LogP contribution in [0, 0.1) is 17.8 Å². The zero-order chi connectivity index (χ0) is 19.6. The van der Waals surface area contributed by atoms with E-state index in [4.69, 9.17) is 5.73 Å². The third-order valence-electron chi connectivity index (χ3n) is 6.10. The van der Waals surface area contributed by atoms with Gasteiger partial charge in [0.15, 0.2) is 11.6 Å². The van der Waals surface area contributed by atoms with Crippen molar-refractivity contribution >= 4 is 5.82 Å². The van der Waals surface area contributed by atoms with Crippen LogP contribution in [0.1, 0.15) is 37.3 Å². The summed E-state index contributed by atoms with van der Waals surface area (Å²) >= 11 is 0. The third-order valence-corrected chi connectivity index (χ3v) is 6.10. The van der Waals surface area contributed by atoms with Crippen LogP contribution in [0.3, 0.4) is 0 Å². The Balaban J connectivity index is 1.46. The number of hydrogen-bond donors (Lipinski definition) is 2. The fourth-order valence-electron chi connectivity index (χ4n) is 4.58. The van der Waals surface area contributed by atoms with Crippen LogP contribution in [-0.2, 0) is 6.54 Å². The minimum atomic E-state index is -4.84. The molecule has 0 aromatic carbocycles. The molecular weight excluding hydrogens is 373 g/mol. The van der Waals surface area contributed by atoms with Gasteiger partial charge in [0.25, 0.3) is 0 Å². The summed E-state index contributed by atoms with van der Waals surface area (Å²) in [4.78, 5) is 3.85. The normalized spacial score (nSPS) is 29.0. The van der Waals surface area contributed by atoms with Gasteiger partial charge in [-0.15, -0.1) is 13.2 Å². The van der Waals surface area contributed by atoms with Crippen molar-refractivity contribution in [2.75, 3.05) is 5.73 Å². The van der Waals surface area contributed by atoms with Crippen molar-refractivity contribution in [1.82, 2.24) is 14.8 Å². The van der Waals surface area contributed by atoms with Gasteiger partial charge in [-0.05, 0) is 55.6 Å². The van der Waals surface area contributed by atoms with Gasteiger partial charge in [0, 0.05) is 29.9 Å². The first-order chi connectivity index (χ1) is 13.3. The Morgan fingerprint density at radius 2 is 1.93 bits per heavy atom. The SMILES string of the molecule is Nc1ncc(-c2cc(C3C4CC(O)CC43)n(CC3CC3)n2)cc1OC(F)(F)F. The number of nitrogens with zero attached hydrogens (tertiary/aromatic N) is 3. The topological polar surface area (TPSA) is 86.2 Å².